The van der Waals surface area contributed by atoms with Gasteiger partial charge in [-0.1, -0.05) is 47.6 Å². The summed E-state index contributed by atoms with van der Waals surface area (Å²) in [6, 6.07) is 20.9. The molecule has 1 heterocycles. The van der Waals surface area contributed by atoms with Gasteiger partial charge in [0.15, 0.2) is 5.69 Å². The Morgan fingerprint density at radius 1 is 1.00 bits per heavy atom. The van der Waals surface area contributed by atoms with Crippen LogP contribution in [0.2, 0.25) is 0 Å². The fourth-order valence-electron chi connectivity index (χ4n) is 2.59. The molecule has 0 N–H and O–H groups in total. The second-order valence-electron chi connectivity index (χ2n) is 5.15. The van der Waals surface area contributed by atoms with Gasteiger partial charge in [0.05, 0.1) is 0 Å². The molecule has 0 aliphatic carbocycles. The number of aromatic nitrogens is 1. The van der Waals surface area contributed by atoms with E-state index in [-0.39, 0.29) is 18.9 Å². The van der Waals surface area contributed by atoms with E-state index in [2.05, 4.69) is 10.0 Å². The van der Waals surface area contributed by atoms with Crippen molar-refractivity contribution in [2.75, 3.05) is 0 Å². The quantitative estimate of drug-likeness (QED) is 0.232. The zero-order valence-electron chi connectivity index (χ0n) is 12.5. The van der Waals surface area contributed by atoms with Crippen LogP contribution in [-0.2, 0) is 13.1 Å². The summed E-state index contributed by atoms with van der Waals surface area (Å²) in [5, 5.41) is 4.68. The van der Waals surface area contributed by atoms with Gasteiger partial charge in [0.1, 0.15) is 6.54 Å². The van der Waals surface area contributed by atoms with Crippen LogP contribution in [0.3, 0.4) is 0 Å². The first-order valence-electron chi connectivity index (χ1n) is 7.29. The van der Waals surface area contributed by atoms with E-state index in [1.165, 1.54) is 0 Å². The van der Waals surface area contributed by atoms with E-state index in [4.69, 9.17) is 5.53 Å². The minimum absolute atomic E-state index is 0.0224. The first-order valence-corrected chi connectivity index (χ1v) is 7.29. The number of azide groups is 1. The summed E-state index contributed by atoms with van der Waals surface area (Å²) in [5.41, 5.74) is 11.0. The SMILES string of the molecule is [N-]=[N+]=NCc1ccc2ccccc2[n+]1CC(=O)c1ccccc1. The van der Waals surface area contributed by atoms with E-state index in [0.29, 0.717) is 5.56 Å². The van der Waals surface area contributed by atoms with Gasteiger partial charge in [0, 0.05) is 28.0 Å². The molecule has 0 bridgehead atoms. The number of rotatable bonds is 5. The summed E-state index contributed by atoms with van der Waals surface area (Å²) < 4.78 is 1.92. The van der Waals surface area contributed by atoms with Crippen LogP contribution in [0.25, 0.3) is 21.3 Å². The molecule has 0 unspecified atom stereocenters. The van der Waals surface area contributed by atoms with Crippen molar-refractivity contribution < 1.29 is 9.36 Å². The van der Waals surface area contributed by atoms with Crippen LogP contribution in [0.5, 0.6) is 0 Å². The molecule has 0 saturated heterocycles. The Hall–Kier alpha value is -3.17. The molecule has 0 aliphatic heterocycles. The summed E-state index contributed by atoms with van der Waals surface area (Å²) in [7, 11) is 0. The topological polar surface area (TPSA) is 69.7 Å². The monoisotopic (exact) mass is 303 g/mol. The molecular weight excluding hydrogens is 288 g/mol. The number of para-hydroxylation sites is 1. The van der Waals surface area contributed by atoms with Crippen LogP contribution in [0.15, 0.2) is 71.8 Å². The Balaban J connectivity index is 2.06. The van der Waals surface area contributed by atoms with Crippen LogP contribution in [0.1, 0.15) is 16.1 Å². The Labute approximate surface area is 133 Å². The summed E-state index contributed by atoms with van der Waals surface area (Å²) in [4.78, 5) is 15.4. The zero-order valence-corrected chi connectivity index (χ0v) is 12.5. The predicted molar refractivity (Wildman–Crippen MR) is 87.8 cm³/mol. The molecule has 5 heteroatoms. The van der Waals surface area contributed by atoms with E-state index in [0.717, 1.165) is 16.6 Å². The number of benzene rings is 2. The Morgan fingerprint density at radius 2 is 1.74 bits per heavy atom. The van der Waals surface area contributed by atoms with Crippen LogP contribution >= 0.6 is 0 Å². The maximum Gasteiger partial charge on any atom is 0.227 e. The van der Waals surface area contributed by atoms with Crippen molar-refractivity contribution in [3.05, 3.63) is 88.4 Å². The van der Waals surface area contributed by atoms with Crippen molar-refractivity contribution in [1.82, 2.24) is 0 Å². The molecule has 23 heavy (non-hydrogen) atoms. The molecule has 0 saturated carbocycles. The second-order valence-corrected chi connectivity index (χ2v) is 5.15. The number of ketones is 1. The number of fused-ring (bicyclic) bond motifs is 1. The van der Waals surface area contributed by atoms with Crippen molar-refractivity contribution in [1.29, 1.82) is 0 Å². The summed E-state index contributed by atoms with van der Waals surface area (Å²) >= 11 is 0. The fraction of sp³-hybridized carbons (Fsp3) is 0.111. The lowest BCUT2D eigenvalue weighted by Crippen LogP contribution is -2.42. The van der Waals surface area contributed by atoms with Crippen LogP contribution in [-0.4, -0.2) is 5.78 Å². The van der Waals surface area contributed by atoms with E-state index in [9.17, 15) is 4.79 Å². The van der Waals surface area contributed by atoms with Gasteiger partial charge in [-0.25, -0.2) is 0 Å². The van der Waals surface area contributed by atoms with Crippen molar-refractivity contribution in [2.45, 2.75) is 13.1 Å². The lowest BCUT2D eigenvalue weighted by Gasteiger charge is -2.06. The molecule has 3 rings (SSSR count). The molecular formula is C18H15N4O+. The van der Waals surface area contributed by atoms with Crippen molar-refractivity contribution in [3.63, 3.8) is 0 Å². The average molecular weight is 303 g/mol. The second kappa shape index (κ2) is 6.73. The number of Topliss-reactive ketones (excluding diaryl/α,β-unsaturated/α-hetero) is 1. The molecule has 0 spiro atoms. The van der Waals surface area contributed by atoms with Gasteiger partial charge in [-0.2, -0.15) is 4.57 Å². The van der Waals surface area contributed by atoms with Gasteiger partial charge in [-0.15, -0.1) is 0 Å². The predicted octanol–water partition coefficient (Wildman–Crippen LogP) is 3.82. The minimum Gasteiger partial charge on any atom is -0.287 e. The highest BCUT2D eigenvalue weighted by molar-refractivity contribution is 5.95. The minimum atomic E-state index is 0.0224. The first kappa shape index (κ1) is 14.8. The molecule has 0 aliphatic rings. The highest BCUT2D eigenvalue weighted by Crippen LogP contribution is 2.12. The Kier molecular flexibility index (Phi) is 4.32. The number of carbonyl (C=O) groups is 1. The molecule has 1 aromatic heterocycles. The van der Waals surface area contributed by atoms with Gasteiger partial charge >= 0.3 is 0 Å². The van der Waals surface area contributed by atoms with Crippen molar-refractivity contribution in [3.8, 4) is 0 Å². The lowest BCUT2D eigenvalue weighted by molar-refractivity contribution is -0.664. The first-order chi connectivity index (χ1) is 11.3. The lowest BCUT2D eigenvalue weighted by atomic mass is 10.1. The summed E-state index contributed by atoms with van der Waals surface area (Å²) in [6.07, 6.45) is 0. The maximum atomic E-state index is 12.6. The Bertz CT molecular complexity index is 899. The molecule has 3 aromatic rings. The van der Waals surface area contributed by atoms with Gasteiger partial charge in [-0.05, 0) is 17.7 Å². The molecule has 0 fully saturated rings. The largest absolute Gasteiger partial charge is 0.287 e. The van der Waals surface area contributed by atoms with Crippen molar-refractivity contribution >= 4 is 16.7 Å². The van der Waals surface area contributed by atoms with Crippen LogP contribution in [0, 0.1) is 0 Å². The standard InChI is InChI=1S/C18H15N4O/c19-21-20-12-16-11-10-14-6-4-5-9-17(14)22(16)13-18(23)15-7-2-1-3-8-15/h1-11H,12-13H2/q+1. The number of nitrogens with zero attached hydrogens (tertiary/aromatic N) is 4. The number of hydrogen-bond donors (Lipinski definition) is 0. The number of hydrogen-bond acceptors (Lipinski definition) is 2. The highest BCUT2D eigenvalue weighted by atomic mass is 16.1. The number of pyridine rings is 1. The third-order valence-corrected chi connectivity index (χ3v) is 3.72. The molecule has 0 atom stereocenters. The van der Waals surface area contributed by atoms with Gasteiger partial charge in [-0.3, -0.25) is 4.79 Å². The maximum absolute atomic E-state index is 12.6. The normalized spacial score (nSPS) is 10.3. The molecule has 0 radical (unpaired) electrons. The molecule has 5 nitrogen and oxygen atoms in total. The number of carbonyl (C=O) groups excluding carboxylic acids is 1. The van der Waals surface area contributed by atoms with E-state index < -0.39 is 0 Å². The Morgan fingerprint density at radius 3 is 2.52 bits per heavy atom. The van der Waals surface area contributed by atoms with Crippen LogP contribution in [0.4, 0.5) is 0 Å². The molecule has 112 valence electrons. The third kappa shape index (κ3) is 3.20. The van der Waals surface area contributed by atoms with E-state index in [1.54, 1.807) is 12.1 Å². The van der Waals surface area contributed by atoms with Gasteiger partial charge < -0.3 is 0 Å². The fourth-order valence-corrected chi connectivity index (χ4v) is 2.59. The van der Waals surface area contributed by atoms with E-state index in [1.807, 2.05) is 59.2 Å². The van der Waals surface area contributed by atoms with E-state index >= 15 is 0 Å². The average Bonchev–Trinajstić information content (AvgIpc) is 2.61. The summed E-state index contributed by atoms with van der Waals surface area (Å²) in [5.74, 6) is 0.0224. The zero-order chi connectivity index (χ0) is 16.1. The van der Waals surface area contributed by atoms with Crippen LogP contribution < -0.4 is 4.57 Å². The third-order valence-electron chi connectivity index (χ3n) is 3.72. The van der Waals surface area contributed by atoms with Gasteiger partial charge in [0.25, 0.3) is 0 Å². The van der Waals surface area contributed by atoms with Crippen molar-refractivity contribution in [2.24, 2.45) is 5.11 Å². The highest BCUT2D eigenvalue weighted by Gasteiger charge is 2.19. The summed E-state index contributed by atoms with van der Waals surface area (Å²) in [6.45, 7) is 0.422. The molecule has 0 amide bonds. The smallest absolute Gasteiger partial charge is 0.227 e. The van der Waals surface area contributed by atoms with Gasteiger partial charge in [0.2, 0.25) is 17.8 Å². The molecule has 2 aromatic carbocycles.